The van der Waals surface area contributed by atoms with Gasteiger partial charge in [0.2, 0.25) is 6.29 Å². The molecular formula is C18H19NO2S. The van der Waals surface area contributed by atoms with Gasteiger partial charge in [0, 0.05) is 12.5 Å². The molecule has 114 valence electrons. The summed E-state index contributed by atoms with van der Waals surface area (Å²) in [7, 11) is 0. The fraction of sp³-hybridized carbons (Fsp3) is 0.222. The van der Waals surface area contributed by atoms with Gasteiger partial charge < -0.3 is 9.84 Å². The Bertz CT molecular complexity index is 630. The maximum absolute atomic E-state index is 9.95. The summed E-state index contributed by atoms with van der Waals surface area (Å²) >= 11 is 1.54. The maximum Gasteiger partial charge on any atom is 0.200 e. The van der Waals surface area contributed by atoms with Crippen LogP contribution in [0, 0.1) is 0 Å². The molecule has 2 N–H and O–H groups in total. The monoisotopic (exact) mass is 313 g/mol. The Hall–Kier alpha value is -1.75. The highest BCUT2D eigenvalue weighted by molar-refractivity contribution is 7.97. The summed E-state index contributed by atoms with van der Waals surface area (Å²) in [6.07, 6.45) is 4.64. The van der Waals surface area contributed by atoms with Crippen LogP contribution in [0.3, 0.4) is 0 Å². The molecule has 2 atom stereocenters. The van der Waals surface area contributed by atoms with Gasteiger partial charge in [0.1, 0.15) is 5.75 Å². The SMILES string of the molecule is OC1C/C=C\[C@H](Cc2ccccc2)NSc2ccccc2O1. The second kappa shape index (κ2) is 7.49. The van der Waals surface area contributed by atoms with Gasteiger partial charge in [-0.2, -0.15) is 0 Å². The van der Waals surface area contributed by atoms with Gasteiger partial charge in [-0.25, -0.2) is 0 Å². The molecule has 4 heteroatoms. The number of rotatable bonds is 2. The molecule has 0 radical (unpaired) electrons. The standard InChI is InChI=1S/C18H19NO2S/c20-18-12-6-9-15(13-14-7-2-1-3-8-14)19-22-17-11-5-4-10-16(17)21-18/h1-11,15,18-20H,12-13H2/b9-6-/t15-,18?/m1/s1. The van der Waals surface area contributed by atoms with E-state index in [0.717, 1.165) is 11.3 Å². The average Bonchev–Trinajstić information content (AvgIpc) is 2.54. The van der Waals surface area contributed by atoms with Crippen molar-refractivity contribution in [1.29, 1.82) is 0 Å². The third-order valence-electron chi connectivity index (χ3n) is 3.44. The van der Waals surface area contributed by atoms with Gasteiger partial charge in [-0.05, 0) is 36.1 Å². The molecule has 1 aliphatic rings. The van der Waals surface area contributed by atoms with Crippen LogP contribution in [-0.2, 0) is 6.42 Å². The van der Waals surface area contributed by atoms with Gasteiger partial charge in [-0.15, -0.1) is 0 Å². The minimum Gasteiger partial charge on any atom is -0.464 e. The Morgan fingerprint density at radius 3 is 2.73 bits per heavy atom. The molecule has 0 aliphatic carbocycles. The summed E-state index contributed by atoms with van der Waals surface area (Å²) in [4.78, 5) is 0.981. The zero-order valence-corrected chi connectivity index (χ0v) is 13.0. The van der Waals surface area contributed by atoms with E-state index in [1.165, 1.54) is 17.5 Å². The normalized spacial score (nSPS) is 23.1. The summed E-state index contributed by atoms with van der Waals surface area (Å²) in [6, 6.07) is 18.3. The van der Waals surface area contributed by atoms with E-state index in [9.17, 15) is 5.11 Å². The highest BCUT2D eigenvalue weighted by Crippen LogP contribution is 2.29. The van der Waals surface area contributed by atoms with E-state index in [2.05, 4.69) is 35.1 Å². The third kappa shape index (κ3) is 4.13. The van der Waals surface area contributed by atoms with Crippen molar-refractivity contribution in [3.05, 3.63) is 72.3 Å². The molecule has 3 nitrogen and oxygen atoms in total. The Labute approximate surface area is 135 Å². The second-order valence-electron chi connectivity index (χ2n) is 5.20. The maximum atomic E-state index is 9.95. The number of fused-ring (bicyclic) bond motifs is 1. The van der Waals surface area contributed by atoms with Gasteiger partial charge in [-0.1, -0.05) is 54.6 Å². The molecule has 1 aliphatic heterocycles. The van der Waals surface area contributed by atoms with Gasteiger partial charge in [0.25, 0.3) is 0 Å². The largest absolute Gasteiger partial charge is 0.464 e. The first-order chi connectivity index (χ1) is 10.8. The molecule has 0 spiro atoms. The van der Waals surface area contributed by atoms with Crippen LogP contribution >= 0.6 is 11.9 Å². The second-order valence-corrected chi connectivity index (χ2v) is 6.08. The van der Waals surface area contributed by atoms with Crippen molar-refractivity contribution in [2.24, 2.45) is 0 Å². The lowest BCUT2D eigenvalue weighted by molar-refractivity contribution is -0.0158. The summed E-state index contributed by atoms with van der Waals surface area (Å²) in [5.41, 5.74) is 1.28. The fourth-order valence-electron chi connectivity index (χ4n) is 2.34. The first-order valence-electron chi connectivity index (χ1n) is 7.38. The Morgan fingerprint density at radius 1 is 1.09 bits per heavy atom. The number of hydrogen-bond donors (Lipinski definition) is 2. The van der Waals surface area contributed by atoms with Crippen molar-refractivity contribution < 1.29 is 9.84 Å². The molecule has 2 aromatic rings. The molecule has 3 rings (SSSR count). The first-order valence-corrected chi connectivity index (χ1v) is 8.19. The van der Waals surface area contributed by atoms with E-state index in [1.807, 2.05) is 36.4 Å². The highest BCUT2D eigenvalue weighted by Gasteiger charge is 2.13. The third-order valence-corrected chi connectivity index (χ3v) is 4.41. The predicted octanol–water partition coefficient (Wildman–Crippen LogP) is 3.55. The van der Waals surface area contributed by atoms with Crippen LogP contribution in [0.15, 0.2) is 71.6 Å². The van der Waals surface area contributed by atoms with Crippen LogP contribution in [0.1, 0.15) is 12.0 Å². The van der Waals surface area contributed by atoms with E-state index in [4.69, 9.17) is 4.74 Å². The molecule has 0 saturated carbocycles. The molecule has 22 heavy (non-hydrogen) atoms. The smallest absolute Gasteiger partial charge is 0.200 e. The zero-order chi connectivity index (χ0) is 15.2. The summed E-state index contributed by atoms with van der Waals surface area (Å²) in [5, 5.41) is 9.95. The summed E-state index contributed by atoms with van der Waals surface area (Å²) in [5.74, 6) is 0.710. The van der Waals surface area contributed by atoms with Crippen molar-refractivity contribution in [3.63, 3.8) is 0 Å². The summed E-state index contributed by atoms with van der Waals surface area (Å²) in [6.45, 7) is 0. The topological polar surface area (TPSA) is 41.5 Å². The van der Waals surface area contributed by atoms with Crippen molar-refractivity contribution >= 4 is 11.9 Å². The van der Waals surface area contributed by atoms with Crippen molar-refractivity contribution in [2.75, 3.05) is 0 Å². The molecule has 1 heterocycles. The van der Waals surface area contributed by atoms with Crippen molar-refractivity contribution in [3.8, 4) is 5.75 Å². The number of benzene rings is 2. The summed E-state index contributed by atoms with van der Waals surface area (Å²) < 4.78 is 9.05. The van der Waals surface area contributed by atoms with E-state index >= 15 is 0 Å². The van der Waals surface area contributed by atoms with Gasteiger partial charge in [0.05, 0.1) is 4.90 Å². The minimum atomic E-state index is -0.812. The predicted molar refractivity (Wildman–Crippen MR) is 89.8 cm³/mol. The number of aliphatic hydroxyl groups is 1. The van der Waals surface area contributed by atoms with E-state index in [1.54, 1.807) is 0 Å². The van der Waals surface area contributed by atoms with E-state index in [0.29, 0.717) is 12.2 Å². The Balaban J connectivity index is 1.77. The molecule has 0 aromatic heterocycles. The number of nitrogens with one attached hydrogen (secondary N) is 1. The number of para-hydroxylation sites is 1. The lowest BCUT2D eigenvalue weighted by Crippen LogP contribution is -2.25. The van der Waals surface area contributed by atoms with Crippen LogP contribution < -0.4 is 9.46 Å². The quantitative estimate of drug-likeness (QED) is 0.657. The number of ether oxygens (including phenoxy) is 1. The molecule has 0 amide bonds. The van der Waals surface area contributed by atoms with Crippen LogP contribution in [0.4, 0.5) is 0 Å². The Morgan fingerprint density at radius 2 is 1.86 bits per heavy atom. The van der Waals surface area contributed by atoms with Gasteiger partial charge in [0.15, 0.2) is 0 Å². The fourth-order valence-corrected chi connectivity index (χ4v) is 3.15. The van der Waals surface area contributed by atoms with Crippen LogP contribution in [-0.4, -0.2) is 17.4 Å². The van der Waals surface area contributed by atoms with E-state index in [-0.39, 0.29) is 6.04 Å². The number of hydrogen-bond acceptors (Lipinski definition) is 4. The average molecular weight is 313 g/mol. The van der Waals surface area contributed by atoms with E-state index < -0.39 is 6.29 Å². The molecule has 2 aromatic carbocycles. The van der Waals surface area contributed by atoms with Crippen molar-refractivity contribution in [2.45, 2.75) is 30.1 Å². The number of aliphatic hydroxyl groups excluding tert-OH is 1. The van der Waals surface area contributed by atoms with Gasteiger partial charge >= 0.3 is 0 Å². The lowest BCUT2D eigenvalue weighted by Gasteiger charge is -2.20. The van der Waals surface area contributed by atoms with Crippen LogP contribution in [0.25, 0.3) is 0 Å². The zero-order valence-electron chi connectivity index (χ0n) is 12.2. The first kappa shape index (κ1) is 15.2. The lowest BCUT2D eigenvalue weighted by atomic mass is 10.1. The van der Waals surface area contributed by atoms with Gasteiger partial charge in [-0.3, -0.25) is 4.72 Å². The minimum absolute atomic E-state index is 0.200. The van der Waals surface area contributed by atoms with Crippen LogP contribution in [0.2, 0.25) is 0 Å². The van der Waals surface area contributed by atoms with Crippen molar-refractivity contribution in [1.82, 2.24) is 4.72 Å². The Kier molecular flexibility index (Phi) is 5.16. The highest BCUT2D eigenvalue weighted by atomic mass is 32.2. The van der Waals surface area contributed by atoms with Crippen LogP contribution in [0.5, 0.6) is 5.75 Å². The molecule has 0 bridgehead atoms. The molecule has 0 saturated heterocycles. The molecular weight excluding hydrogens is 294 g/mol. The molecule has 1 unspecified atom stereocenters. The molecule has 0 fully saturated rings.